The molecule has 3 aromatic rings. The van der Waals surface area contributed by atoms with E-state index in [4.69, 9.17) is 9.47 Å². The minimum Gasteiger partial charge on any atom is -0.493 e. The lowest BCUT2D eigenvalue weighted by molar-refractivity contribution is -0.123. The van der Waals surface area contributed by atoms with Crippen molar-refractivity contribution < 1.29 is 19.1 Å². The summed E-state index contributed by atoms with van der Waals surface area (Å²) in [6.07, 6.45) is 5.11. The van der Waals surface area contributed by atoms with Crippen LogP contribution in [0.5, 0.6) is 11.5 Å². The molecule has 0 N–H and O–H groups in total. The first kappa shape index (κ1) is 23.1. The lowest BCUT2D eigenvalue weighted by atomic mass is 10.1. The Kier molecular flexibility index (Phi) is 7.15. The number of carbonyl (C=O) groups excluding carboxylic acids is 2. The Balaban J connectivity index is 1.53. The van der Waals surface area contributed by atoms with Gasteiger partial charge in [0.1, 0.15) is 6.61 Å². The standard InChI is InChI=1S/C25H21BrN2O4S/c1-16-3-5-17(6-4-16)14-28-24(29)22(33-25(28)30)13-19-11-20(26)23(21(12-19)31-2)32-15-18-7-9-27-10-8-18/h3-13H,14-15H2,1-2H3/b22-13-. The molecule has 0 aliphatic carbocycles. The number of carbonyl (C=O) groups is 2. The van der Waals surface area contributed by atoms with Gasteiger partial charge in [-0.15, -0.1) is 0 Å². The number of pyridine rings is 1. The van der Waals surface area contributed by atoms with Crippen molar-refractivity contribution >= 4 is 44.9 Å². The predicted molar refractivity (Wildman–Crippen MR) is 132 cm³/mol. The van der Waals surface area contributed by atoms with Crippen molar-refractivity contribution in [2.24, 2.45) is 0 Å². The Morgan fingerprint density at radius 1 is 1.06 bits per heavy atom. The first-order valence-electron chi connectivity index (χ1n) is 10.1. The number of aromatic nitrogens is 1. The van der Waals surface area contributed by atoms with Gasteiger partial charge < -0.3 is 9.47 Å². The molecular weight excluding hydrogens is 504 g/mol. The molecule has 0 radical (unpaired) electrons. The number of amides is 2. The number of nitrogens with zero attached hydrogens (tertiary/aromatic N) is 2. The van der Waals surface area contributed by atoms with Gasteiger partial charge in [0.05, 0.1) is 23.0 Å². The monoisotopic (exact) mass is 524 g/mol. The molecule has 6 nitrogen and oxygen atoms in total. The normalized spacial score (nSPS) is 14.8. The second-order valence-corrected chi connectivity index (χ2v) is 9.28. The van der Waals surface area contributed by atoms with Gasteiger partial charge in [0.15, 0.2) is 11.5 Å². The average molecular weight is 525 g/mol. The molecule has 1 fully saturated rings. The van der Waals surface area contributed by atoms with Gasteiger partial charge in [-0.1, -0.05) is 29.8 Å². The number of hydrogen-bond donors (Lipinski definition) is 0. The maximum Gasteiger partial charge on any atom is 0.293 e. The highest BCUT2D eigenvalue weighted by Gasteiger charge is 2.35. The maximum atomic E-state index is 12.9. The van der Waals surface area contributed by atoms with Crippen LogP contribution in [0, 0.1) is 6.92 Å². The van der Waals surface area contributed by atoms with E-state index in [-0.39, 0.29) is 17.7 Å². The van der Waals surface area contributed by atoms with E-state index in [1.165, 1.54) is 4.90 Å². The molecule has 1 saturated heterocycles. The quantitative estimate of drug-likeness (QED) is 0.354. The maximum absolute atomic E-state index is 12.9. The number of halogens is 1. The van der Waals surface area contributed by atoms with Crippen LogP contribution in [0.15, 0.2) is 70.3 Å². The van der Waals surface area contributed by atoms with Crippen molar-refractivity contribution in [3.05, 3.63) is 92.6 Å². The van der Waals surface area contributed by atoms with E-state index in [1.54, 1.807) is 31.6 Å². The number of methoxy groups -OCH3 is 1. The summed E-state index contributed by atoms with van der Waals surface area (Å²) < 4.78 is 12.1. The Labute approximate surface area is 204 Å². The Bertz CT molecular complexity index is 1210. The summed E-state index contributed by atoms with van der Waals surface area (Å²) in [5.41, 5.74) is 3.73. The molecule has 0 bridgehead atoms. The summed E-state index contributed by atoms with van der Waals surface area (Å²) in [6, 6.07) is 15.1. The van der Waals surface area contributed by atoms with Gasteiger partial charge in [0.25, 0.3) is 11.1 Å². The van der Waals surface area contributed by atoms with Crippen molar-refractivity contribution in [2.75, 3.05) is 7.11 Å². The summed E-state index contributed by atoms with van der Waals surface area (Å²) in [5, 5.41) is -0.282. The summed E-state index contributed by atoms with van der Waals surface area (Å²) >= 11 is 4.47. The molecule has 4 rings (SSSR count). The number of thioether (sulfide) groups is 1. The molecule has 8 heteroatoms. The molecule has 0 atom stereocenters. The number of rotatable bonds is 7. The molecular formula is C25H21BrN2O4S. The van der Waals surface area contributed by atoms with Crippen LogP contribution >= 0.6 is 27.7 Å². The van der Waals surface area contributed by atoms with Gasteiger partial charge in [0.2, 0.25) is 0 Å². The summed E-state index contributed by atoms with van der Waals surface area (Å²) in [7, 11) is 1.56. The van der Waals surface area contributed by atoms with E-state index in [0.717, 1.165) is 34.0 Å². The zero-order valence-corrected chi connectivity index (χ0v) is 20.5. The minimum absolute atomic E-state index is 0.247. The van der Waals surface area contributed by atoms with Crippen LogP contribution < -0.4 is 9.47 Å². The molecule has 33 heavy (non-hydrogen) atoms. The van der Waals surface area contributed by atoms with Crippen LogP contribution in [0.25, 0.3) is 6.08 Å². The fourth-order valence-electron chi connectivity index (χ4n) is 3.26. The van der Waals surface area contributed by atoms with Crippen LogP contribution in [0.4, 0.5) is 4.79 Å². The largest absolute Gasteiger partial charge is 0.493 e. The Morgan fingerprint density at radius 3 is 2.48 bits per heavy atom. The van der Waals surface area contributed by atoms with Crippen LogP contribution in [0.2, 0.25) is 0 Å². The molecule has 1 aliphatic heterocycles. The molecule has 168 valence electrons. The highest BCUT2D eigenvalue weighted by Crippen LogP contribution is 2.39. The smallest absolute Gasteiger partial charge is 0.293 e. The van der Waals surface area contributed by atoms with E-state index < -0.39 is 0 Å². The van der Waals surface area contributed by atoms with Gasteiger partial charge in [-0.05, 0) is 81.6 Å². The topological polar surface area (TPSA) is 68.7 Å². The van der Waals surface area contributed by atoms with Crippen LogP contribution in [-0.4, -0.2) is 28.1 Å². The van der Waals surface area contributed by atoms with Gasteiger partial charge >= 0.3 is 0 Å². The van der Waals surface area contributed by atoms with Gasteiger partial charge in [-0.2, -0.15) is 0 Å². The third kappa shape index (κ3) is 5.46. The van der Waals surface area contributed by atoms with Crippen molar-refractivity contribution in [2.45, 2.75) is 20.1 Å². The van der Waals surface area contributed by atoms with Crippen molar-refractivity contribution in [1.82, 2.24) is 9.88 Å². The first-order valence-corrected chi connectivity index (χ1v) is 11.8. The molecule has 0 saturated carbocycles. The zero-order chi connectivity index (χ0) is 23.4. The van der Waals surface area contributed by atoms with E-state index in [9.17, 15) is 9.59 Å². The number of benzene rings is 2. The molecule has 0 spiro atoms. The van der Waals surface area contributed by atoms with Crippen LogP contribution in [-0.2, 0) is 17.9 Å². The molecule has 2 amide bonds. The van der Waals surface area contributed by atoms with Gasteiger partial charge in [0, 0.05) is 12.4 Å². The third-order valence-electron chi connectivity index (χ3n) is 5.02. The molecule has 1 aromatic heterocycles. The average Bonchev–Trinajstić information content (AvgIpc) is 3.07. The Morgan fingerprint density at radius 2 is 1.79 bits per heavy atom. The van der Waals surface area contributed by atoms with Crippen LogP contribution in [0.3, 0.4) is 0 Å². The predicted octanol–water partition coefficient (Wildman–Crippen LogP) is 5.98. The highest BCUT2D eigenvalue weighted by molar-refractivity contribution is 9.10. The highest BCUT2D eigenvalue weighted by atomic mass is 79.9. The van der Waals surface area contributed by atoms with Crippen molar-refractivity contribution in [1.29, 1.82) is 0 Å². The van der Waals surface area contributed by atoms with Crippen molar-refractivity contribution in [3.8, 4) is 11.5 Å². The molecule has 2 aromatic carbocycles. The summed E-state index contributed by atoms with van der Waals surface area (Å²) in [4.78, 5) is 31.0. The fourth-order valence-corrected chi connectivity index (χ4v) is 4.67. The fraction of sp³-hybridized carbons (Fsp3) is 0.160. The lowest BCUT2D eigenvalue weighted by Crippen LogP contribution is -2.27. The van der Waals surface area contributed by atoms with Gasteiger partial charge in [-0.3, -0.25) is 19.5 Å². The van der Waals surface area contributed by atoms with E-state index >= 15 is 0 Å². The number of aryl methyl sites for hydroxylation is 1. The second kappa shape index (κ2) is 10.2. The third-order valence-corrected chi connectivity index (χ3v) is 6.51. The minimum atomic E-state index is -0.307. The van der Waals surface area contributed by atoms with Gasteiger partial charge in [-0.25, -0.2) is 0 Å². The summed E-state index contributed by atoms with van der Waals surface area (Å²) in [5.74, 6) is 0.765. The van der Waals surface area contributed by atoms with E-state index in [1.807, 2.05) is 49.4 Å². The molecule has 1 aliphatic rings. The molecule has 2 heterocycles. The zero-order valence-electron chi connectivity index (χ0n) is 18.1. The van der Waals surface area contributed by atoms with Crippen LogP contribution in [0.1, 0.15) is 22.3 Å². The van der Waals surface area contributed by atoms with Crippen molar-refractivity contribution in [3.63, 3.8) is 0 Å². The lowest BCUT2D eigenvalue weighted by Gasteiger charge is -2.14. The summed E-state index contributed by atoms with van der Waals surface area (Å²) in [6.45, 7) is 2.60. The second-order valence-electron chi connectivity index (χ2n) is 7.43. The Hall–Kier alpha value is -3.10. The molecule has 0 unspecified atom stereocenters. The number of hydrogen-bond acceptors (Lipinski definition) is 6. The first-order chi connectivity index (χ1) is 15.9. The number of imide groups is 1. The van der Waals surface area contributed by atoms with E-state index in [0.29, 0.717) is 27.5 Å². The van der Waals surface area contributed by atoms with E-state index in [2.05, 4.69) is 20.9 Å². The number of ether oxygens (including phenoxy) is 2. The SMILES string of the molecule is COc1cc(/C=C2\SC(=O)N(Cc3ccc(C)cc3)C2=O)cc(Br)c1OCc1ccncc1.